The van der Waals surface area contributed by atoms with Crippen molar-refractivity contribution in [3.8, 4) is 0 Å². The number of pyridine rings is 1. The molecule has 6 heteroatoms. The van der Waals surface area contributed by atoms with Gasteiger partial charge in [-0.3, -0.25) is 5.32 Å². The van der Waals surface area contributed by atoms with Gasteiger partial charge < -0.3 is 15.0 Å². The standard InChI is InChI=1S/C15H22N4O2/c1-3-4-12(2)17-15(20)18-14-6-5-13(11-16-14)19-7-9-21-10-8-19/h3,5-6,11-12H,1,4,7-10H2,2H3,(H2,16,17,18,20). The van der Waals surface area contributed by atoms with Crippen LogP contribution in [-0.4, -0.2) is 43.4 Å². The van der Waals surface area contributed by atoms with Gasteiger partial charge in [0.1, 0.15) is 5.82 Å². The third-order valence-electron chi connectivity index (χ3n) is 3.26. The second-order valence-corrected chi connectivity index (χ2v) is 5.02. The number of aromatic nitrogens is 1. The SMILES string of the molecule is C=CCC(C)NC(=O)Nc1ccc(N2CCOCC2)cn1. The quantitative estimate of drug-likeness (QED) is 0.814. The number of hydrogen-bond acceptors (Lipinski definition) is 4. The van der Waals surface area contributed by atoms with E-state index in [1.165, 1.54) is 0 Å². The van der Waals surface area contributed by atoms with Crippen LogP contribution in [-0.2, 0) is 4.74 Å². The molecule has 6 nitrogen and oxygen atoms in total. The molecular weight excluding hydrogens is 268 g/mol. The molecule has 1 aromatic heterocycles. The summed E-state index contributed by atoms with van der Waals surface area (Å²) in [6.07, 6.45) is 4.28. The first-order chi connectivity index (χ1) is 10.2. The molecule has 1 aliphatic heterocycles. The summed E-state index contributed by atoms with van der Waals surface area (Å²) >= 11 is 0. The summed E-state index contributed by atoms with van der Waals surface area (Å²) in [7, 11) is 0. The van der Waals surface area contributed by atoms with Crippen LogP contribution in [0.3, 0.4) is 0 Å². The van der Waals surface area contributed by atoms with Crippen molar-refractivity contribution in [1.82, 2.24) is 10.3 Å². The topological polar surface area (TPSA) is 66.5 Å². The maximum absolute atomic E-state index is 11.8. The number of amides is 2. The molecule has 1 aromatic rings. The van der Waals surface area contributed by atoms with Gasteiger partial charge in [-0.1, -0.05) is 6.08 Å². The van der Waals surface area contributed by atoms with Gasteiger partial charge in [-0.05, 0) is 25.5 Å². The highest BCUT2D eigenvalue weighted by molar-refractivity contribution is 5.88. The van der Waals surface area contributed by atoms with Gasteiger partial charge in [0, 0.05) is 19.1 Å². The first kappa shape index (κ1) is 15.3. The lowest BCUT2D eigenvalue weighted by molar-refractivity contribution is 0.122. The van der Waals surface area contributed by atoms with Crippen LogP contribution in [0.2, 0.25) is 0 Å². The van der Waals surface area contributed by atoms with Gasteiger partial charge in [0.25, 0.3) is 0 Å². The van der Waals surface area contributed by atoms with Gasteiger partial charge in [-0.25, -0.2) is 9.78 Å². The molecule has 0 bridgehead atoms. The van der Waals surface area contributed by atoms with E-state index in [-0.39, 0.29) is 12.1 Å². The van der Waals surface area contributed by atoms with Crippen LogP contribution < -0.4 is 15.5 Å². The number of nitrogens with zero attached hydrogens (tertiary/aromatic N) is 2. The summed E-state index contributed by atoms with van der Waals surface area (Å²) in [5.74, 6) is 0.537. The van der Waals surface area contributed by atoms with E-state index in [0.717, 1.165) is 38.4 Å². The third-order valence-corrected chi connectivity index (χ3v) is 3.26. The van der Waals surface area contributed by atoms with E-state index >= 15 is 0 Å². The Balaban J connectivity index is 1.86. The van der Waals surface area contributed by atoms with E-state index in [0.29, 0.717) is 5.82 Å². The molecule has 1 fully saturated rings. The molecule has 1 unspecified atom stereocenters. The Bertz CT molecular complexity index is 469. The molecule has 1 aliphatic rings. The first-order valence-corrected chi connectivity index (χ1v) is 7.16. The molecule has 1 saturated heterocycles. The van der Waals surface area contributed by atoms with E-state index in [1.54, 1.807) is 12.3 Å². The van der Waals surface area contributed by atoms with Crippen LogP contribution in [0, 0.1) is 0 Å². The van der Waals surface area contributed by atoms with Crippen molar-refractivity contribution in [2.24, 2.45) is 0 Å². The zero-order valence-corrected chi connectivity index (χ0v) is 12.3. The Morgan fingerprint density at radius 2 is 2.29 bits per heavy atom. The number of hydrogen-bond donors (Lipinski definition) is 2. The molecule has 2 rings (SSSR count). The molecule has 0 aromatic carbocycles. The Labute approximate surface area is 125 Å². The highest BCUT2D eigenvalue weighted by atomic mass is 16.5. The molecule has 0 aliphatic carbocycles. The van der Waals surface area contributed by atoms with Crippen molar-refractivity contribution in [3.05, 3.63) is 31.0 Å². The van der Waals surface area contributed by atoms with Crippen LogP contribution in [0.4, 0.5) is 16.3 Å². The molecular formula is C15H22N4O2. The van der Waals surface area contributed by atoms with E-state index < -0.39 is 0 Å². The number of ether oxygens (including phenoxy) is 1. The molecule has 0 spiro atoms. The second kappa shape index (κ2) is 7.64. The van der Waals surface area contributed by atoms with Crippen molar-refractivity contribution in [2.45, 2.75) is 19.4 Å². The minimum absolute atomic E-state index is 0.0510. The molecule has 2 heterocycles. The number of rotatable bonds is 5. The van der Waals surface area contributed by atoms with E-state index in [1.807, 2.05) is 19.1 Å². The third kappa shape index (κ3) is 4.75. The van der Waals surface area contributed by atoms with Crippen molar-refractivity contribution in [3.63, 3.8) is 0 Å². The molecule has 0 radical (unpaired) electrons. The molecule has 0 saturated carbocycles. The number of nitrogens with one attached hydrogen (secondary N) is 2. The fourth-order valence-electron chi connectivity index (χ4n) is 2.15. The van der Waals surface area contributed by atoms with Gasteiger partial charge in [-0.15, -0.1) is 6.58 Å². The van der Waals surface area contributed by atoms with Crippen LogP contribution in [0.5, 0.6) is 0 Å². The maximum atomic E-state index is 11.8. The van der Waals surface area contributed by atoms with Gasteiger partial charge >= 0.3 is 6.03 Å². The highest BCUT2D eigenvalue weighted by Gasteiger charge is 2.12. The predicted octanol–water partition coefficient (Wildman–Crippen LogP) is 2.00. The smallest absolute Gasteiger partial charge is 0.320 e. The molecule has 21 heavy (non-hydrogen) atoms. The number of anilines is 2. The number of carbonyl (C=O) groups is 1. The Morgan fingerprint density at radius 3 is 2.90 bits per heavy atom. The zero-order chi connectivity index (χ0) is 15.1. The van der Waals surface area contributed by atoms with Crippen molar-refractivity contribution >= 4 is 17.5 Å². The largest absolute Gasteiger partial charge is 0.378 e. The fraction of sp³-hybridized carbons (Fsp3) is 0.467. The Kier molecular flexibility index (Phi) is 5.57. The van der Waals surface area contributed by atoms with Crippen LogP contribution in [0.15, 0.2) is 31.0 Å². The Hall–Kier alpha value is -2.08. The van der Waals surface area contributed by atoms with Crippen LogP contribution in [0.1, 0.15) is 13.3 Å². The number of carbonyl (C=O) groups excluding carboxylic acids is 1. The van der Waals surface area contributed by atoms with Crippen LogP contribution >= 0.6 is 0 Å². The lowest BCUT2D eigenvalue weighted by Crippen LogP contribution is -2.36. The fourth-order valence-corrected chi connectivity index (χ4v) is 2.15. The number of morpholine rings is 1. The average Bonchev–Trinajstić information content (AvgIpc) is 2.49. The lowest BCUT2D eigenvalue weighted by atomic mass is 10.2. The van der Waals surface area contributed by atoms with E-state index in [2.05, 4.69) is 27.1 Å². The summed E-state index contributed by atoms with van der Waals surface area (Å²) in [6.45, 7) is 8.79. The predicted molar refractivity (Wildman–Crippen MR) is 83.7 cm³/mol. The van der Waals surface area contributed by atoms with Crippen molar-refractivity contribution in [1.29, 1.82) is 0 Å². The molecule has 114 valence electrons. The summed E-state index contributed by atoms with van der Waals surface area (Å²) in [6, 6.07) is 3.56. The molecule has 2 amide bonds. The monoisotopic (exact) mass is 290 g/mol. The zero-order valence-electron chi connectivity index (χ0n) is 12.3. The van der Waals surface area contributed by atoms with Crippen molar-refractivity contribution in [2.75, 3.05) is 36.5 Å². The van der Waals surface area contributed by atoms with Gasteiger partial charge in [0.2, 0.25) is 0 Å². The molecule has 1 atom stereocenters. The van der Waals surface area contributed by atoms with E-state index in [4.69, 9.17) is 4.74 Å². The normalized spacial score (nSPS) is 16.1. The minimum atomic E-state index is -0.254. The average molecular weight is 290 g/mol. The van der Waals surface area contributed by atoms with Gasteiger partial charge in [0.15, 0.2) is 0 Å². The summed E-state index contributed by atoms with van der Waals surface area (Å²) in [5.41, 5.74) is 1.05. The van der Waals surface area contributed by atoms with Gasteiger partial charge in [0.05, 0.1) is 25.1 Å². The highest BCUT2D eigenvalue weighted by Crippen LogP contribution is 2.16. The minimum Gasteiger partial charge on any atom is -0.378 e. The van der Waals surface area contributed by atoms with E-state index in [9.17, 15) is 4.79 Å². The first-order valence-electron chi connectivity index (χ1n) is 7.16. The summed E-state index contributed by atoms with van der Waals surface area (Å²) < 4.78 is 5.32. The van der Waals surface area contributed by atoms with Crippen LogP contribution in [0.25, 0.3) is 0 Å². The van der Waals surface area contributed by atoms with Gasteiger partial charge in [-0.2, -0.15) is 0 Å². The summed E-state index contributed by atoms with van der Waals surface area (Å²) in [5, 5.41) is 5.54. The molecule has 2 N–H and O–H groups in total. The lowest BCUT2D eigenvalue weighted by Gasteiger charge is -2.28. The summed E-state index contributed by atoms with van der Waals surface area (Å²) in [4.78, 5) is 18.2. The van der Waals surface area contributed by atoms with Crippen molar-refractivity contribution < 1.29 is 9.53 Å². The number of urea groups is 1. The maximum Gasteiger partial charge on any atom is 0.320 e. The Morgan fingerprint density at radius 1 is 1.52 bits per heavy atom. The second-order valence-electron chi connectivity index (χ2n) is 5.02.